The molecule has 7 nitrogen and oxygen atoms in total. The van der Waals surface area contributed by atoms with Crippen LogP contribution in [0.15, 0.2) is 34.1 Å². The number of allylic oxidation sites excluding steroid dienone is 2. The van der Waals surface area contributed by atoms with Crippen molar-refractivity contribution in [3.63, 3.8) is 0 Å². The normalized spacial score (nSPS) is 29.3. The minimum Gasteiger partial charge on any atom is -0.457 e. The van der Waals surface area contributed by atoms with Gasteiger partial charge in [-0.2, -0.15) is 0 Å². The van der Waals surface area contributed by atoms with Crippen molar-refractivity contribution in [3.8, 4) is 0 Å². The first-order valence-corrected chi connectivity index (χ1v) is 12.8. The van der Waals surface area contributed by atoms with Gasteiger partial charge in [0.2, 0.25) is 0 Å². The number of rotatable bonds is 9. The first kappa shape index (κ1) is 29.9. The van der Waals surface area contributed by atoms with Crippen molar-refractivity contribution in [2.45, 2.75) is 92.6 Å². The van der Waals surface area contributed by atoms with Gasteiger partial charge in [-0.05, 0) is 63.9 Å². The first-order chi connectivity index (χ1) is 16.3. The Bertz CT molecular complexity index is 729. The van der Waals surface area contributed by atoms with Crippen molar-refractivity contribution in [2.75, 3.05) is 19.8 Å². The van der Waals surface area contributed by atoms with Crippen molar-refractivity contribution in [3.05, 3.63) is 23.8 Å². The second-order valence-electron chi connectivity index (χ2n) is 9.39. The molecule has 0 aromatic carbocycles. The molecule has 0 amide bonds. The van der Waals surface area contributed by atoms with Crippen LogP contribution in [0.3, 0.4) is 0 Å². The monoisotopic (exact) mass is 478 g/mol. The van der Waals surface area contributed by atoms with E-state index in [2.05, 4.69) is 30.7 Å². The van der Waals surface area contributed by atoms with Crippen LogP contribution in [0.1, 0.15) is 86.5 Å². The van der Waals surface area contributed by atoms with Gasteiger partial charge < -0.3 is 19.5 Å². The smallest absolute Gasteiger partial charge is 0.315 e. The molecule has 0 bridgehead atoms. The van der Waals surface area contributed by atoms with Crippen LogP contribution in [-0.4, -0.2) is 48.4 Å². The molecule has 1 aliphatic heterocycles. The number of aliphatic hydroxyl groups is 1. The SMILES string of the molecule is C=C1/C=C(\C)C(CC)OC(=O)C(C)/C(=N/OCCC)C(CO)C/C(=N\OCCCC)CC(C)C1. The van der Waals surface area contributed by atoms with Gasteiger partial charge in [-0.1, -0.05) is 62.7 Å². The minimum atomic E-state index is -0.665. The highest BCUT2D eigenvalue weighted by molar-refractivity contribution is 6.04. The third kappa shape index (κ3) is 10.4. The summed E-state index contributed by atoms with van der Waals surface area (Å²) in [7, 11) is 0. The zero-order valence-electron chi connectivity index (χ0n) is 22.1. The van der Waals surface area contributed by atoms with Crippen LogP contribution in [-0.2, 0) is 19.2 Å². The molecule has 34 heavy (non-hydrogen) atoms. The predicted octanol–water partition coefficient (Wildman–Crippen LogP) is 5.83. The average molecular weight is 479 g/mol. The predicted molar refractivity (Wildman–Crippen MR) is 138 cm³/mol. The number of unbranched alkanes of at least 4 members (excludes halogenated alkanes) is 1. The van der Waals surface area contributed by atoms with E-state index in [4.69, 9.17) is 14.4 Å². The molecule has 1 aliphatic rings. The van der Waals surface area contributed by atoms with E-state index >= 15 is 0 Å². The molecule has 194 valence electrons. The fourth-order valence-corrected chi connectivity index (χ4v) is 4.03. The summed E-state index contributed by atoms with van der Waals surface area (Å²) in [5.74, 6) is -1.19. The number of aliphatic hydroxyl groups excluding tert-OH is 1. The molecule has 1 N–H and O–H groups in total. The van der Waals surface area contributed by atoms with Crippen LogP contribution in [0.2, 0.25) is 0 Å². The Hall–Kier alpha value is -2.15. The van der Waals surface area contributed by atoms with E-state index in [9.17, 15) is 9.90 Å². The topological polar surface area (TPSA) is 89.7 Å². The fraction of sp³-hybridized carbons (Fsp3) is 0.741. The molecule has 0 aromatic heterocycles. The number of nitrogens with zero attached hydrogens (tertiary/aromatic N) is 2. The third-order valence-electron chi connectivity index (χ3n) is 5.93. The highest BCUT2D eigenvalue weighted by Gasteiger charge is 2.32. The summed E-state index contributed by atoms with van der Waals surface area (Å²) < 4.78 is 5.87. The molecule has 4 unspecified atom stereocenters. The van der Waals surface area contributed by atoms with E-state index in [1.807, 2.05) is 26.8 Å². The van der Waals surface area contributed by atoms with E-state index in [0.29, 0.717) is 38.2 Å². The van der Waals surface area contributed by atoms with E-state index in [-0.39, 0.29) is 24.6 Å². The van der Waals surface area contributed by atoms with E-state index in [0.717, 1.165) is 42.5 Å². The molecule has 0 saturated heterocycles. The number of carbonyl (C=O) groups excluding carboxylic acids is 1. The highest BCUT2D eigenvalue weighted by atomic mass is 16.6. The van der Waals surface area contributed by atoms with Gasteiger partial charge in [0.15, 0.2) is 0 Å². The number of oxime groups is 2. The maximum absolute atomic E-state index is 13.1. The fourth-order valence-electron chi connectivity index (χ4n) is 4.03. The second kappa shape index (κ2) is 16.5. The standard InChI is InChI=1S/C27H46N2O5/c1-8-11-13-33-28-24-16-20(5)14-19(4)15-21(6)25(10-3)34-27(31)22(7)26(23(17-24)18-30)29-32-12-9-2/h15,20,22-23,25,30H,4,8-14,16-18H2,1-3,5-7H3/b21-15+,28-24-,29-26-. The lowest BCUT2D eigenvalue weighted by Gasteiger charge is -2.25. The van der Waals surface area contributed by atoms with Gasteiger partial charge in [0.1, 0.15) is 19.3 Å². The number of cyclic esters (lactones) is 1. The summed E-state index contributed by atoms with van der Waals surface area (Å²) in [5, 5.41) is 19.0. The summed E-state index contributed by atoms with van der Waals surface area (Å²) in [6.07, 6.45) is 7.02. The molecule has 0 aliphatic carbocycles. The van der Waals surface area contributed by atoms with Gasteiger partial charge in [-0.25, -0.2) is 0 Å². The molecule has 1 heterocycles. The van der Waals surface area contributed by atoms with E-state index < -0.39 is 11.8 Å². The summed E-state index contributed by atoms with van der Waals surface area (Å²) in [6, 6.07) is 0. The molecule has 1 rings (SSSR count). The molecule has 7 heteroatoms. The molecule has 4 atom stereocenters. The lowest BCUT2D eigenvalue weighted by atomic mass is 9.86. The van der Waals surface area contributed by atoms with Crippen LogP contribution in [0.5, 0.6) is 0 Å². The lowest BCUT2D eigenvalue weighted by molar-refractivity contribution is -0.149. The second-order valence-corrected chi connectivity index (χ2v) is 9.39. The molecule has 0 radical (unpaired) electrons. The molecule has 0 saturated carbocycles. The lowest BCUT2D eigenvalue weighted by Crippen LogP contribution is -2.35. The Balaban J connectivity index is 3.40. The van der Waals surface area contributed by atoms with Gasteiger partial charge in [0, 0.05) is 5.92 Å². The Morgan fingerprint density at radius 2 is 1.79 bits per heavy atom. The Morgan fingerprint density at radius 1 is 1.09 bits per heavy atom. The molecule has 0 spiro atoms. The number of hydrogen-bond acceptors (Lipinski definition) is 7. The van der Waals surface area contributed by atoms with Crippen LogP contribution in [0, 0.1) is 17.8 Å². The van der Waals surface area contributed by atoms with Gasteiger partial charge in [0.25, 0.3) is 0 Å². The maximum atomic E-state index is 13.1. The van der Waals surface area contributed by atoms with Crippen molar-refractivity contribution < 1.29 is 24.3 Å². The van der Waals surface area contributed by atoms with Crippen LogP contribution in [0.25, 0.3) is 0 Å². The number of carbonyl (C=O) groups is 1. The summed E-state index contributed by atoms with van der Waals surface area (Å²) in [6.45, 7) is 17.0. The third-order valence-corrected chi connectivity index (χ3v) is 5.93. The average Bonchev–Trinajstić information content (AvgIpc) is 2.80. The zero-order chi connectivity index (χ0) is 25.5. The maximum Gasteiger partial charge on any atom is 0.315 e. The summed E-state index contributed by atoms with van der Waals surface area (Å²) in [5.41, 5.74) is 3.27. The highest BCUT2D eigenvalue weighted by Crippen LogP contribution is 2.25. The number of hydrogen-bond donors (Lipinski definition) is 1. The van der Waals surface area contributed by atoms with Gasteiger partial charge in [0.05, 0.1) is 23.9 Å². The van der Waals surface area contributed by atoms with Gasteiger partial charge in [-0.15, -0.1) is 0 Å². The van der Waals surface area contributed by atoms with E-state index in [1.54, 1.807) is 6.92 Å². The van der Waals surface area contributed by atoms with Crippen molar-refractivity contribution in [1.29, 1.82) is 0 Å². The summed E-state index contributed by atoms with van der Waals surface area (Å²) in [4.78, 5) is 24.2. The molecule has 0 aromatic rings. The van der Waals surface area contributed by atoms with Gasteiger partial charge in [-0.3, -0.25) is 4.79 Å². The molecular formula is C27H46N2O5. The number of esters is 1. The molecular weight excluding hydrogens is 432 g/mol. The van der Waals surface area contributed by atoms with Crippen LogP contribution in [0.4, 0.5) is 0 Å². The Labute approximate surface area is 206 Å². The Kier molecular flexibility index (Phi) is 14.5. The quantitative estimate of drug-likeness (QED) is 0.256. The van der Waals surface area contributed by atoms with Gasteiger partial charge >= 0.3 is 5.97 Å². The largest absolute Gasteiger partial charge is 0.457 e. The minimum absolute atomic E-state index is 0.183. The molecule has 0 fully saturated rings. The zero-order valence-corrected chi connectivity index (χ0v) is 22.1. The number of ether oxygens (including phenoxy) is 1. The van der Waals surface area contributed by atoms with Crippen molar-refractivity contribution in [1.82, 2.24) is 0 Å². The Morgan fingerprint density at radius 3 is 2.41 bits per heavy atom. The summed E-state index contributed by atoms with van der Waals surface area (Å²) >= 11 is 0. The van der Waals surface area contributed by atoms with Crippen LogP contribution >= 0.6 is 0 Å². The van der Waals surface area contributed by atoms with Crippen molar-refractivity contribution in [2.24, 2.45) is 28.1 Å². The van der Waals surface area contributed by atoms with Crippen molar-refractivity contribution >= 4 is 17.4 Å². The first-order valence-electron chi connectivity index (χ1n) is 12.8. The van der Waals surface area contributed by atoms with E-state index in [1.165, 1.54) is 0 Å². The van der Waals surface area contributed by atoms with Crippen LogP contribution < -0.4 is 0 Å².